The maximum atomic E-state index is 12.5. The number of nitrogens with one attached hydrogen (secondary N) is 1. The first-order valence-corrected chi connectivity index (χ1v) is 7.44. The van der Waals surface area contributed by atoms with Crippen LogP contribution in [0.15, 0.2) is 47.1 Å². The van der Waals surface area contributed by atoms with Gasteiger partial charge in [0.15, 0.2) is 0 Å². The van der Waals surface area contributed by atoms with Gasteiger partial charge in [0.2, 0.25) is 11.8 Å². The highest BCUT2D eigenvalue weighted by molar-refractivity contribution is 5.99. The molecule has 0 radical (unpaired) electrons. The third kappa shape index (κ3) is 3.36. The molecule has 1 saturated heterocycles. The van der Waals surface area contributed by atoms with Crippen LogP contribution < -0.4 is 10.1 Å². The molecule has 1 aromatic carbocycles. The number of methoxy groups -OCH3 is 1. The van der Waals surface area contributed by atoms with Crippen molar-refractivity contribution in [2.24, 2.45) is 0 Å². The van der Waals surface area contributed by atoms with Gasteiger partial charge in [-0.2, -0.15) is 0 Å². The van der Waals surface area contributed by atoms with Crippen LogP contribution in [0.2, 0.25) is 0 Å². The number of anilines is 1. The number of furan rings is 1. The topological polar surface area (TPSA) is 71.8 Å². The van der Waals surface area contributed by atoms with Gasteiger partial charge in [-0.3, -0.25) is 9.59 Å². The van der Waals surface area contributed by atoms with Gasteiger partial charge in [0.25, 0.3) is 0 Å². The summed E-state index contributed by atoms with van der Waals surface area (Å²) in [5, 5.41) is 2.85. The lowest BCUT2D eigenvalue weighted by Crippen LogP contribution is -2.41. The Morgan fingerprint density at radius 2 is 2.13 bits per heavy atom. The maximum absolute atomic E-state index is 12.5. The Morgan fingerprint density at radius 3 is 2.78 bits per heavy atom. The van der Waals surface area contributed by atoms with Crippen LogP contribution in [0.25, 0.3) is 0 Å². The van der Waals surface area contributed by atoms with E-state index in [0.29, 0.717) is 30.8 Å². The fraction of sp³-hybridized carbons (Fsp3) is 0.294. The zero-order valence-electron chi connectivity index (χ0n) is 12.8. The van der Waals surface area contributed by atoms with Crippen LogP contribution in [0.1, 0.15) is 18.6 Å². The Bertz CT molecular complexity index is 679. The van der Waals surface area contributed by atoms with Gasteiger partial charge in [-0.1, -0.05) is 0 Å². The van der Waals surface area contributed by atoms with Crippen LogP contribution in [0.5, 0.6) is 5.75 Å². The van der Waals surface area contributed by atoms with E-state index in [-0.39, 0.29) is 11.8 Å². The minimum atomic E-state index is -0.477. The third-order valence-electron chi connectivity index (χ3n) is 3.89. The Labute approximate surface area is 134 Å². The smallest absolute Gasteiger partial charge is 0.247 e. The highest BCUT2D eigenvalue weighted by atomic mass is 16.5. The van der Waals surface area contributed by atoms with Crippen LogP contribution in [-0.4, -0.2) is 29.9 Å². The molecule has 1 atom stereocenters. The zero-order chi connectivity index (χ0) is 16.2. The summed E-state index contributed by atoms with van der Waals surface area (Å²) in [7, 11) is 1.59. The molecule has 2 heterocycles. The van der Waals surface area contributed by atoms with E-state index < -0.39 is 6.04 Å². The van der Waals surface area contributed by atoms with Gasteiger partial charge in [-0.25, -0.2) is 0 Å². The molecule has 0 unspecified atom stereocenters. The molecule has 2 amide bonds. The van der Waals surface area contributed by atoms with Crippen molar-refractivity contribution < 1.29 is 18.7 Å². The summed E-state index contributed by atoms with van der Waals surface area (Å²) in [6.07, 6.45) is 2.45. The van der Waals surface area contributed by atoms with E-state index in [0.717, 1.165) is 5.75 Å². The number of benzene rings is 1. The molecule has 0 saturated carbocycles. The van der Waals surface area contributed by atoms with Gasteiger partial charge in [0.05, 0.1) is 19.9 Å². The Morgan fingerprint density at radius 1 is 1.35 bits per heavy atom. The fourth-order valence-corrected chi connectivity index (χ4v) is 2.67. The van der Waals surface area contributed by atoms with E-state index in [4.69, 9.17) is 9.15 Å². The van der Waals surface area contributed by atoms with Crippen molar-refractivity contribution in [2.75, 3.05) is 12.4 Å². The van der Waals surface area contributed by atoms with Crippen molar-refractivity contribution in [1.29, 1.82) is 0 Å². The first-order chi connectivity index (χ1) is 11.2. The lowest BCUT2D eigenvalue weighted by atomic mass is 10.2. The monoisotopic (exact) mass is 314 g/mol. The standard InChI is InChI=1S/C17H18N2O4/c1-22-13-6-4-12(5-7-13)18-17(21)15-8-9-16(20)19(15)11-14-3-2-10-23-14/h2-7,10,15H,8-9,11H2,1H3,(H,18,21)/t15-/m0/s1. The summed E-state index contributed by atoms with van der Waals surface area (Å²) < 4.78 is 10.4. The summed E-state index contributed by atoms with van der Waals surface area (Å²) in [6.45, 7) is 0.312. The third-order valence-corrected chi connectivity index (χ3v) is 3.89. The van der Waals surface area contributed by atoms with Crippen LogP contribution >= 0.6 is 0 Å². The summed E-state index contributed by atoms with van der Waals surface area (Å²) >= 11 is 0. The molecule has 1 aliphatic heterocycles. The molecule has 0 aliphatic carbocycles. The minimum Gasteiger partial charge on any atom is -0.497 e. The second-order valence-corrected chi connectivity index (χ2v) is 5.37. The van der Waals surface area contributed by atoms with Crippen LogP contribution in [0.3, 0.4) is 0 Å². The lowest BCUT2D eigenvalue weighted by Gasteiger charge is -2.23. The predicted molar refractivity (Wildman–Crippen MR) is 83.9 cm³/mol. The summed E-state index contributed by atoms with van der Waals surface area (Å²) in [5.74, 6) is 1.17. The van der Waals surface area contributed by atoms with Gasteiger partial charge >= 0.3 is 0 Å². The van der Waals surface area contributed by atoms with Crippen molar-refractivity contribution in [1.82, 2.24) is 4.90 Å². The molecular formula is C17H18N2O4. The molecule has 1 aliphatic rings. The number of carbonyl (C=O) groups is 2. The number of amides is 2. The number of carbonyl (C=O) groups excluding carboxylic acids is 2. The summed E-state index contributed by atoms with van der Waals surface area (Å²) in [5.41, 5.74) is 0.674. The van der Waals surface area contributed by atoms with E-state index >= 15 is 0 Å². The van der Waals surface area contributed by atoms with E-state index in [1.54, 1.807) is 54.7 Å². The zero-order valence-corrected chi connectivity index (χ0v) is 12.8. The fourth-order valence-electron chi connectivity index (χ4n) is 2.67. The molecule has 0 spiro atoms. The van der Waals surface area contributed by atoms with Gasteiger partial charge in [0.1, 0.15) is 17.6 Å². The number of rotatable bonds is 5. The molecule has 0 bridgehead atoms. The van der Waals surface area contributed by atoms with E-state index in [1.165, 1.54) is 0 Å². The average molecular weight is 314 g/mol. The molecule has 6 heteroatoms. The van der Waals surface area contributed by atoms with Crippen LogP contribution in [0.4, 0.5) is 5.69 Å². The molecule has 23 heavy (non-hydrogen) atoms. The number of hydrogen-bond donors (Lipinski definition) is 1. The molecule has 6 nitrogen and oxygen atoms in total. The highest BCUT2D eigenvalue weighted by Crippen LogP contribution is 2.23. The molecular weight excluding hydrogens is 296 g/mol. The van der Waals surface area contributed by atoms with Crippen LogP contribution in [-0.2, 0) is 16.1 Å². The van der Waals surface area contributed by atoms with Crippen molar-refractivity contribution in [2.45, 2.75) is 25.4 Å². The van der Waals surface area contributed by atoms with Gasteiger partial charge in [0, 0.05) is 12.1 Å². The first-order valence-electron chi connectivity index (χ1n) is 7.44. The summed E-state index contributed by atoms with van der Waals surface area (Å²) in [6, 6.07) is 10.2. The number of hydrogen-bond acceptors (Lipinski definition) is 4. The second kappa shape index (κ2) is 6.56. The van der Waals surface area contributed by atoms with Gasteiger partial charge in [-0.15, -0.1) is 0 Å². The summed E-state index contributed by atoms with van der Waals surface area (Å²) in [4.78, 5) is 26.1. The molecule has 1 N–H and O–H groups in total. The number of likely N-dealkylation sites (tertiary alicyclic amines) is 1. The largest absolute Gasteiger partial charge is 0.497 e. The van der Waals surface area contributed by atoms with Crippen molar-refractivity contribution in [3.8, 4) is 5.75 Å². The van der Waals surface area contributed by atoms with Crippen molar-refractivity contribution in [3.63, 3.8) is 0 Å². The average Bonchev–Trinajstić information content (AvgIpc) is 3.19. The Kier molecular flexibility index (Phi) is 4.32. The van der Waals surface area contributed by atoms with Crippen molar-refractivity contribution >= 4 is 17.5 Å². The van der Waals surface area contributed by atoms with E-state index in [9.17, 15) is 9.59 Å². The van der Waals surface area contributed by atoms with Gasteiger partial charge in [-0.05, 0) is 42.8 Å². The van der Waals surface area contributed by atoms with Crippen molar-refractivity contribution in [3.05, 3.63) is 48.4 Å². The predicted octanol–water partition coefficient (Wildman–Crippen LogP) is 2.42. The molecule has 1 fully saturated rings. The molecule has 120 valence electrons. The quantitative estimate of drug-likeness (QED) is 0.920. The number of ether oxygens (including phenoxy) is 1. The minimum absolute atomic E-state index is 0.0312. The normalized spacial score (nSPS) is 17.3. The molecule has 1 aromatic heterocycles. The lowest BCUT2D eigenvalue weighted by molar-refractivity contribution is -0.134. The second-order valence-electron chi connectivity index (χ2n) is 5.37. The van der Waals surface area contributed by atoms with Crippen LogP contribution in [0, 0.1) is 0 Å². The Hall–Kier alpha value is -2.76. The first kappa shape index (κ1) is 15.1. The Balaban J connectivity index is 1.68. The molecule has 2 aromatic rings. The van der Waals surface area contributed by atoms with E-state index in [1.807, 2.05) is 0 Å². The SMILES string of the molecule is COc1ccc(NC(=O)[C@@H]2CCC(=O)N2Cc2ccco2)cc1. The number of nitrogens with zero attached hydrogens (tertiary/aromatic N) is 1. The maximum Gasteiger partial charge on any atom is 0.247 e. The van der Waals surface area contributed by atoms with E-state index in [2.05, 4.69) is 5.32 Å². The highest BCUT2D eigenvalue weighted by Gasteiger charge is 2.36. The molecule has 3 rings (SSSR count). The van der Waals surface area contributed by atoms with Gasteiger partial charge < -0.3 is 19.4 Å².